The number of hydrogen-bond donors (Lipinski definition) is 2. The van der Waals surface area contributed by atoms with E-state index in [4.69, 9.17) is 10.7 Å². The number of benzene rings is 1. The zero-order chi connectivity index (χ0) is 18.5. The topological polar surface area (TPSA) is 85.8 Å². The lowest BCUT2D eigenvalue weighted by atomic mass is 10.0. The third-order valence-corrected chi connectivity index (χ3v) is 4.68. The zero-order valence-corrected chi connectivity index (χ0v) is 15.5. The molecule has 0 aliphatic carbocycles. The van der Waals surface area contributed by atoms with Gasteiger partial charge in [-0.2, -0.15) is 0 Å². The van der Waals surface area contributed by atoms with Gasteiger partial charge in [0.25, 0.3) is 0 Å². The van der Waals surface area contributed by atoms with Gasteiger partial charge in [0, 0.05) is 37.4 Å². The number of para-hydroxylation sites is 1. The lowest BCUT2D eigenvalue weighted by Gasteiger charge is -2.12. The van der Waals surface area contributed by atoms with E-state index in [1.807, 2.05) is 24.5 Å². The largest absolute Gasteiger partial charge is 0.356 e. The molecule has 0 saturated carbocycles. The summed E-state index contributed by atoms with van der Waals surface area (Å²) in [7, 11) is 0. The Morgan fingerprint density at radius 3 is 2.92 bits per heavy atom. The van der Waals surface area contributed by atoms with Gasteiger partial charge in [0.15, 0.2) is 0 Å². The van der Waals surface area contributed by atoms with Gasteiger partial charge in [0.1, 0.15) is 5.52 Å². The molecular formula is C20H27N5O. The third-order valence-electron chi connectivity index (χ3n) is 4.68. The molecule has 6 heteroatoms. The first-order valence-corrected chi connectivity index (χ1v) is 9.36. The van der Waals surface area contributed by atoms with Crippen molar-refractivity contribution in [2.75, 3.05) is 13.1 Å². The first kappa shape index (κ1) is 18.3. The number of aryl methyl sites for hydroxylation is 1. The molecule has 1 aromatic carbocycles. The van der Waals surface area contributed by atoms with Gasteiger partial charge in [-0.1, -0.05) is 32.0 Å². The smallest absolute Gasteiger partial charge is 0.220 e. The van der Waals surface area contributed by atoms with Crippen molar-refractivity contribution in [3.8, 4) is 0 Å². The van der Waals surface area contributed by atoms with Crippen LogP contribution in [0.4, 0.5) is 0 Å². The summed E-state index contributed by atoms with van der Waals surface area (Å²) in [4.78, 5) is 21.3. The van der Waals surface area contributed by atoms with Crippen molar-refractivity contribution in [1.82, 2.24) is 19.9 Å². The molecule has 0 aliphatic rings. The Morgan fingerprint density at radius 1 is 1.35 bits per heavy atom. The second-order valence-corrected chi connectivity index (χ2v) is 6.74. The lowest BCUT2D eigenvalue weighted by Crippen LogP contribution is -2.23. The van der Waals surface area contributed by atoms with E-state index in [0.717, 1.165) is 53.6 Å². The molecule has 3 rings (SSSR count). The molecule has 0 radical (unpaired) electrons. The van der Waals surface area contributed by atoms with Crippen molar-refractivity contribution < 1.29 is 4.79 Å². The van der Waals surface area contributed by atoms with E-state index in [1.165, 1.54) is 0 Å². The van der Waals surface area contributed by atoms with Gasteiger partial charge in [0.2, 0.25) is 5.91 Å². The number of hydrogen-bond acceptors (Lipinski definition) is 4. The van der Waals surface area contributed by atoms with Crippen molar-refractivity contribution >= 4 is 27.8 Å². The Labute approximate surface area is 153 Å². The molecule has 1 atom stereocenters. The number of rotatable bonds is 8. The monoisotopic (exact) mass is 353 g/mol. The van der Waals surface area contributed by atoms with Crippen LogP contribution in [0.2, 0.25) is 0 Å². The van der Waals surface area contributed by atoms with E-state index in [-0.39, 0.29) is 11.8 Å². The minimum atomic E-state index is 0.111. The number of nitrogens with one attached hydrogen (secondary N) is 1. The minimum absolute atomic E-state index is 0.111. The van der Waals surface area contributed by atoms with E-state index in [2.05, 4.69) is 34.8 Å². The lowest BCUT2D eigenvalue weighted by molar-refractivity contribution is -0.121. The summed E-state index contributed by atoms with van der Waals surface area (Å²) in [6.07, 6.45) is 4.11. The van der Waals surface area contributed by atoms with Crippen LogP contribution in [0.25, 0.3) is 21.9 Å². The van der Waals surface area contributed by atoms with E-state index in [1.54, 1.807) is 0 Å². The van der Waals surface area contributed by atoms with Crippen LogP contribution in [0.3, 0.4) is 0 Å². The second-order valence-electron chi connectivity index (χ2n) is 6.74. The number of carbonyl (C=O) groups is 1. The molecule has 0 aliphatic heterocycles. The first-order chi connectivity index (χ1) is 12.7. The summed E-state index contributed by atoms with van der Waals surface area (Å²) in [6, 6.07) is 8.12. The van der Waals surface area contributed by atoms with Gasteiger partial charge in [-0.25, -0.2) is 4.98 Å². The van der Waals surface area contributed by atoms with E-state index < -0.39 is 0 Å². The molecule has 138 valence electrons. The number of imidazole rings is 1. The number of amides is 1. The predicted molar refractivity (Wildman–Crippen MR) is 105 cm³/mol. The molecule has 0 bridgehead atoms. The Morgan fingerprint density at radius 2 is 2.15 bits per heavy atom. The van der Waals surface area contributed by atoms with Gasteiger partial charge in [-0.15, -0.1) is 0 Å². The highest BCUT2D eigenvalue weighted by Gasteiger charge is 2.17. The molecule has 2 heterocycles. The highest BCUT2D eigenvalue weighted by atomic mass is 16.1. The van der Waals surface area contributed by atoms with Crippen molar-refractivity contribution in [2.24, 2.45) is 5.73 Å². The average Bonchev–Trinajstić information content (AvgIpc) is 3.09. The van der Waals surface area contributed by atoms with Crippen molar-refractivity contribution in [2.45, 2.75) is 45.6 Å². The van der Waals surface area contributed by atoms with Crippen LogP contribution in [-0.4, -0.2) is 33.5 Å². The summed E-state index contributed by atoms with van der Waals surface area (Å²) in [6.45, 7) is 6.15. The fourth-order valence-electron chi connectivity index (χ4n) is 3.19. The quantitative estimate of drug-likeness (QED) is 0.652. The fraction of sp³-hybridized carbons (Fsp3) is 0.450. The highest BCUT2D eigenvalue weighted by molar-refractivity contribution is 6.03. The van der Waals surface area contributed by atoms with Crippen LogP contribution in [0.15, 0.2) is 30.6 Å². The van der Waals surface area contributed by atoms with Crippen LogP contribution in [0.5, 0.6) is 0 Å². The number of carbonyl (C=O) groups excluding carboxylic acids is 1. The van der Waals surface area contributed by atoms with Crippen LogP contribution >= 0.6 is 0 Å². The molecule has 0 fully saturated rings. The summed E-state index contributed by atoms with van der Waals surface area (Å²) in [5.41, 5.74) is 9.78. The summed E-state index contributed by atoms with van der Waals surface area (Å²) >= 11 is 0. The molecule has 6 nitrogen and oxygen atoms in total. The maximum Gasteiger partial charge on any atom is 0.220 e. The van der Waals surface area contributed by atoms with Crippen molar-refractivity contribution in [3.63, 3.8) is 0 Å². The normalized spacial score (nSPS) is 12.6. The molecule has 26 heavy (non-hydrogen) atoms. The number of nitrogens with zero attached hydrogens (tertiary/aromatic N) is 3. The van der Waals surface area contributed by atoms with Gasteiger partial charge in [-0.3, -0.25) is 9.78 Å². The predicted octanol–water partition coefficient (Wildman–Crippen LogP) is 2.95. The molecule has 3 aromatic rings. The van der Waals surface area contributed by atoms with E-state index >= 15 is 0 Å². The van der Waals surface area contributed by atoms with Crippen LogP contribution < -0.4 is 11.1 Å². The van der Waals surface area contributed by atoms with Crippen LogP contribution in [0.1, 0.15) is 44.7 Å². The van der Waals surface area contributed by atoms with E-state index in [9.17, 15) is 4.79 Å². The Bertz CT molecular complexity index is 902. The van der Waals surface area contributed by atoms with Crippen molar-refractivity contribution in [1.29, 1.82) is 0 Å². The second kappa shape index (κ2) is 8.27. The highest BCUT2D eigenvalue weighted by Crippen LogP contribution is 2.29. The van der Waals surface area contributed by atoms with Crippen LogP contribution in [-0.2, 0) is 11.3 Å². The molecular weight excluding hydrogens is 326 g/mol. The first-order valence-electron chi connectivity index (χ1n) is 9.36. The molecule has 3 N–H and O–H groups in total. The summed E-state index contributed by atoms with van der Waals surface area (Å²) < 4.78 is 2.14. The molecule has 2 aromatic heterocycles. The summed E-state index contributed by atoms with van der Waals surface area (Å²) in [5.74, 6) is 0.255. The maximum absolute atomic E-state index is 11.8. The SMILES string of the molecule is CCCNC(=O)CCCn1cnc2c(C(C)CN)nc3ccccc3c21. The van der Waals surface area contributed by atoms with E-state index in [0.29, 0.717) is 13.0 Å². The molecule has 0 spiro atoms. The van der Waals surface area contributed by atoms with Gasteiger partial charge < -0.3 is 15.6 Å². The average molecular weight is 353 g/mol. The molecule has 1 amide bonds. The fourth-order valence-corrected chi connectivity index (χ4v) is 3.19. The molecule has 1 unspecified atom stereocenters. The Balaban J connectivity index is 1.92. The third kappa shape index (κ3) is 3.70. The Hall–Kier alpha value is -2.47. The Kier molecular flexibility index (Phi) is 5.83. The standard InChI is InChI=1S/C20H27N5O/c1-3-10-22-17(26)9-6-11-25-13-23-19-18(14(2)12-21)24-16-8-5-4-7-15(16)20(19)25/h4-5,7-8,13-14H,3,6,9-12,21H2,1-2H3,(H,22,26). The van der Waals surface area contributed by atoms with Crippen LogP contribution in [0, 0.1) is 0 Å². The van der Waals surface area contributed by atoms with Crippen molar-refractivity contribution in [3.05, 3.63) is 36.3 Å². The zero-order valence-electron chi connectivity index (χ0n) is 15.5. The van der Waals surface area contributed by atoms with Gasteiger partial charge in [0.05, 0.1) is 23.1 Å². The number of pyridine rings is 1. The maximum atomic E-state index is 11.8. The van der Waals surface area contributed by atoms with Gasteiger partial charge in [-0.05, 0) is 18.9 Å². The number of aromatic nitrogens is 3. The van der Waals surface area contributed by atoms with Gasteiger partial charge >= 0.3 is 0 Å². The summed E-state index contributed by atoms with van der Waals surface area (Å²) in [5, 5.41) is 4.01. The molecule has 0 saturated heterocycles. The minimum Gasteiger partial charge on any atom is -0.356 e. The number of nitrogens with two attached hydrogens (primary N) is 1. The number of fused-ring (bicyclic) bond motifs is 3.